The Balaban J connectivity index is 1.26. The van der Waals surface area contributed by atoms with Crippen LogP contribution < -0.4 is 32.2 Å². The zero-order valence-electron chi connectivity index (χ0n) is 32.7. The van der Waals surface area contributed by atoms with Gasteiger partial charge in [-0.15, -0.1) is 5.46 Å². The van der Waals surface area contributed by atoms with Gasteiger partial charge in [-0.25, -0.2) is 4.98 Å². The van der Waals surface area contributed by atoms with Gasteiger partial charge in [0.15, 0.2) is 11.6 Å². The highest BCUT2D eigenvalue weighted by molar-refractivity contribution is 6.69. The molecule has 0 aliphatic rings. The molecule has 0 N–H and O–H groups in total. The minimum Gasteiger partial charge on any atom is -0.311 e. The Morgan fingerprint density at radius 2 is 0.946 bits per heavy atom. The van der Waals surface area contributed by atoms with Crippen molar-refractivity contribution in [2.45, 2.75) is 6.92 Å². The average molecular weight is 715 g/mol. The monoisotopic (exact) mass is 715 g/mol. The second-order valence-electron chi connectivity index (χ2n) is 14.7. The standard InChI is InChI=1S/C46H38B5N5/c1-27-12-8-10-18-35(27)55(43-41(50)39(48)38(47)40(49)42(43)51)32-24-25-37-34(26-32)33-17-9-11-19-36(33)56(37)46-53-44(30-15-6-3-7-16-30)52-45(54-46)31-22-20-29(21-23-31)28-13-4-2-5-14-28/h2-26H,47-51H2,1H3. The number of para-hydroxylation sites is 2. The highest BCUT2D eigenvalue weighted by Gasteiger charge is 2.24. The van der Waals surface area contributed by atoms with Crippen molar-refractivity contribution in [1.29, 1.82) is 0 Å². The number of benzene rings is 7. The Morgan fingerprint density at radius 1 is 0.446 bits per heavy atom. The maximum Gasteiger partial charge on any atom is 0.238 e. The molecule has 0 saturated carbocycles. The molecule has 0 spiro atoms. The van der Waals surface area contributed by atoms with Crippen LogP contribution in [-0.2, 0) is 0 Å². The van der Waals surface area contributed by atoms with E-state index in [1.807, 2.05) is 24.3 Å². The van der Waals surface area contributed by atoms with E-state index in [1.165, 1.54) is 44.1 Å². The summed E-state index contributed by atoms with van der Waals surface area (Å²) in [6.07, 6.45) is 0. The van der Waals surface area contributed by atoms with Crippen molar-refractivity contribution in [2.75, 3.05) is 4.90 Å². The molecule has 7 aromatic carbocycles. The second-order valence-corrected chi connectivity index (χ2v) is 14.7. The van der Waals surface area contributed by atoms with Gasteiger partial charge in [-0.05, 0) is 53.9 Å². The number of nitrogens with zero attached hydrogens (tertiary/aromatic N) is 5. The Hall–Kier alpha value is -6.53. The molecule has 0 amide bonds. The van der Waals surface area contributed by atoms with Gasteiger partial charge in [0.1, 0.15) is 39.2 Å². The highest BCUT2D eigenvalue weighted by atomic mass is 15.2. The normalized spacial score (nSPS) is 11.3. The lowest BCUT2D eigenvalue weighted by molar-refractivity contribution is 0.953. The molecule has 10 heteroatoms. The molecule has 0 radical (unpaired) electrons. The molecule has 2 heterocycles. The quantitative estimate of drug-likeness (QED) is 0.239. The van der Waals surface area contributed by atoms with Gasteiger partial charge in [-0.1, -0.05) is 143 Å². The molecule has 0 aliphatic heterocycles. The third kappa shape index (κ3) is 6.02. The molecule has 0 unspecified atom stereocenters. The van der Waals surface area contributed by atoms with Crippen LogP contribution in [0.2, 0.25) is 0 Å². The van der Waals surface area contributed by atoms with E-state index in [0.29, 0.717) is 17.6 Å². The van der Waals surface area contributed by atoms with Crippen LogP contribution in [0.25, 0.3) is 61.7 Å². The van der Waals surface area contributed by atoms with Crippen molar-refractivity contribution < 1.29 is 0 Å². The first kappa shape index (κ1) is 35.2. The maximum atomic E-state index is 5.22. The summed E-state index contributed by atoms with van der Waals surface area (Å²) >= 11 is 0. The largest absolute Gasteiger partial charge is 0.311 e. The van der Waals surface area contributed by atoms with Crippen molar-refractivity contribution in [3.05, 3.63) is 157 Å². The first-order valence-electron chi connectivity index (χ1n) is 19.2. The van der Waals surface area contributed by atoms with Crippen molar-refractivity contribution in [3.63, 3.8) is 0 Å². The van der Waals surface area contributed by atoms with Gasteiger partial charge in [0.25, 0.3) is 0 Å². The lowest BCUT2D eigenvalue weighted by Crippen LogP contribution is -2.56. The van der Waals surface area contributed by atoms with E-state index < -0.39 is 0 Å². The summed E-state index contributed by atoms with van der Waals surface area (Å²) in [5, 5.41) is 2.26. The molecule has 9 rings (SSSR count). The number of aryl methyl sites for hydroxylation is 1. The summed E-state index contributed by atoms with van der Waals surface area (Å²) < 4.78 is 2.19. The number of rotatable bonds is 7. The van der Waals surface area contributed by atoms with Crippen LogP contribution in [0.4, 0.5) is 17.1 Å². The van der Waals surface area contributed by atoms with Crippen LogP contribution in [0.1, 0.15) is 5.56 Å². The summed E-state index contributed by atoms with van der Waals surface area (Å²) in [6, 6.07) is 53.1. The van der Waals surface area contributed by atoms with E-state index in [0.717, 1.165) is 49.9 Å². The minimum absolute atomic E-state index is 0.576. The summed E-state index contributed by atoms with van der Waals surface area (Å²) in [4.78, 5) is 17.9. The van der Waals surface area contributed by atoms with Gasteiger partial charge in [0, 0.05) is 39.0 Å². The van der Waals surface area contributed by atoms with Crippen molar-refractivity contribution >= 4 is 105 Å². The molecule has 0 bridgehead atoms. The molecule has 262 valence electrons. The molecule has 5 nitrogen and oxygen atoms in total. The third-order valence-corrected chi connectivity index (χ3v) is 11.6. The van der Waals surface area contributed by atoms with E-state index in [2.05, 4.69) is 183 Å². The highest BCUT2D eigenvalue weighted by Crippen LogP contribution is 2.39. The molecule has 0 atom stereocenters. The van der Waals surface area contributed by atoms with E-state index in [9.17, 15) is 0 Å². The molecular weight excluding hydrogens is 677 g/mol. The van der Waals surface area contributed by atoms with Crippen LogP contribution >= 0.6 is 0 Å². The van der Waals surface area contributed by atoms with Crippen LogP contribution in [0.5, 0.6) is 0 Å². The van der Waals surface area contributed by atoms with Gasteiger partial charge in [-0.2, -0.15) is 9.97 Å². The minimum atomic E-state index is 0.576. The lowest BCUT2D eigenvalue weighted by Gasteiger charge is -2.33. The maximum absolute atomic E-state index is 5.22. The number of anilines is 3. The van der Waals surface area contributed by atoms with E-state index in [1.54, 1.807) is 0 Å². The van der Waals surface area contributed by atoms with Crippen LogP contribution in [-0.4, -0.2) is 58.8 Å². The second kappa shape index (κ2) is 14.3. The number of hydrogen-bond acceptors (Lipinski definition) is 4. The topological polar surface area (TPSA) is 46.8 Å². The first-order chi connectivity index (χ1) is 27.3. The fourth-order valence-electron chi connectivity index (χ4n) is 8.09. The molecule has 9 aromatic rings. The first-order valence-corrected chi connectivity index (χ1v) is 19.2. The molecule has 0 aliphatic carbocycles. The summed E-state index contributed by atoms with van der Waals surface area (Å²) in [5.74, 6) is 1.83. The zero-order chi connectivity index (χ0) is 38.5. The molecule has 56 heavy (non-hydrogen) atoms. The lowest BCUT2D eigenvalue weighted by atomic mass is 9.61. The fourth-order valence-corrected chi connectivity index (χ4v) is 8.09. The van der Waals surface area contributed by atoms with Crippen LogP contribution in [0.3, 0.4) is 0 Å². The van der Waals surface area contributed by atoms with E-state index in [-0.39, 0.29) is 0 Å². The zero-order valence-corrected chi connectivity index (χ0v) is 32.7. The third-order valence-electron chi connectivity index (χ3n) is 11.6. The van der Waals surface area contributed by atoms with E-state index in [4.69, 9.17) is 15.0 Å². The van der Waals surface area contributed by atoms with Gasteiger partial charge in [0.2, 0.25) is 5.95 Å². The number of fused-ring (bicyclic) bond motifs is 3. The van der Waals surface area contributed by atoms with Crippen molar-refractivity contribution in [3.8, 4) is 39.9 Å². The summed E-state index contributed by atoms with van der Waals surface area (Å²) in [7, 11) is 11.3. The Morgan fingerprint density at radius 3 is 1.61 bits per heavy atom. The van der Waals surface area contributed by atoms with Gasteiger partial charge >= 0.3 is 0 Å². The molecule has 2 aromatic heterocycles. The predicted molar refractivity (Wildman–Crippen MR) is 251 cm³/mol. The number of hydrogen-bond donors (Lipinski definition) is 0. The van der Waals surface area contributed by atoms with Gasteiger partial charge in [-0.3, -0.25) is 4.57 Å². The Kier molecular flexibility index (Phi) is 8.97. The Labute approximate surface area is 332 Å². The summed E-state index contributed by atoms with van der Waals surface area (Å²) in [6.45, 7) is 2.20. The van der Waals surface area contributed by atoms with Gasteiger partial charge in [0.05, 0.1) is 11.0 Å². The summed E-state index contributed by atoms with van der Waals surface area (Å²) in [5.41, 5.74) is 17.5. The van der Waals surface area contributed by atoms with Crippen molar-refractivity contribution in [1.82, 2.24) is 19.5 Å². The molecular formula is C46H38B5N5. The SMILES string of the molecule is Bc1c(B)c(B)c(N(c2ccc3c(c2)c2ccccc2n3-c2nc(-c3ccccc3)nc(-c3ccc(-c4ccccc4)cc3)n2)c2ccccc2C)c(B)c1B. The average Bonchev–Trinajstić information content (AvgIpc) is 3.58. The molecule has 0 fully saturated rings. The predicted octanol–water partition coefficient (Wildman–Crippen LogP) is 3.04. The smallest absolute Gasteiger partial charge is 0.238 e. The van der Waals surface area contributed by atoms with Crippen molar-refractivity contribution in [2.24, 2.45) is 0 Å². The van der Waals surface area contributed by atoms with Crippen LogP contribution in [0.15, 0.2) is 152 Å². The molecule has 0 saturated heterocycles. The fraction of sp³-hybridized carbons (Fsp3) is 0.0217. The number of aromatic nitrogens is 4. The van der Waals surface area contributed by atoms with Crippen LogP contribution in [0, 0.1) is 6.92 Å². The van der Waals surface area contributed by atoms with E-state index >= 15 is 0 Å². The Bertz CT molecular complexity index is 2900. The van der Waals surface area contributed by atoms with Gasteiger partial charge < -0.3 is 4.90 Å².